The molecule has 1 unspecified atom stereocenters. The Hall–Kier alpha value is -2.35. The largest absolute Gasteiger partial charge is 0.416 e. The van der Waals surface area contributed by atoms with E-state index in [-0.39, 0.29) is 30.8 Å². The lowest BCUT2D eigenvalue weighted by Gasteiger charge is -2.20. The lowest BCUT2D eigenvalue weighted by atomic mass is 10.1. The second-order valence-electron chi connectivity index (χ2n) is 6.42. The van der Waals surface area contributed by atoms with E-state index in [1.54, 1.807) is 30.3 Å². The third kappa shape index (κ3) is 4.32. The van der Waals surface area contributed by atoms with Gasteiger partial charge in [0.25, 0.3) is 5.91 Å². The first-order valence-corrected chi connectivity index (χ1v) is 10.1. The summed E-state index contributed by atoms with van der Waals surface area (Å²) in [6, 6.07) is 12.8. The highest BCUT2D eigenvalue weighted by molar-refractivity contribution is 7.91. The van der Waals surface area contributed by atoms with Crippen molar-refractivity contribution in [2.75, 3.05) is 18.8 Å². The molecule has 2 aromatic rings. The number of sulfone groups is 1. The summed E-state index contributed by atoms with van der Waals surface area (Å²) in [5.74, 6) is -0.647. The summed E-state index contributed by atoms with van der Waals surface area (Å²) >= 11 is 0. The molecule has 0 aliphatic carbocycles. The molecule has 0 aromatic heterocycles. The van der Waals surface area contributed by atoms with E-state index in [2.05, 4.69) is 0 Å². The Kier molecular flexibility index (Phi) is 5.28. The smallest absolute Gasteiger partial charge is 0.338 e. The van der Waals surface area contributed by atoms with Crippen LogP contribution in [0.5, 0.6) is 0 Å². The molecule has 1 amide bonds. The first-order chi connectivity index (χ1) is 12.7. The highest BCUT2D eigenvalue weighted by Crippen LogP contribution is 2.31. The van der Waals surface area contributed by atoms with Gasteiger partial charge in [-0.05, 0) is 36.2 Å². The summed E-state index contributed by atoms with van der Waals surface area (Å²) in [4.78, 5) is 14.0. The molecule has 1 aliphatic heterocycles. The minimum absolute atomic E-state index is 0.0194. The Morgan fingerprint density at radius 1 is 0.963 bits per heavy atom. The molecule has 0 spiro atoms. The molecule has 144 valence electrons. The van der Waals surface area contributed by atoms with Gasteiger partial charge in [0, 0.05) is 18.7 Å². The minimum atomic E-state index is -4.47. The fourth-order valence-corrected chi connectivity index (χ4v) is 4.97. The topological polar surface area (TPSA) is 54.5 Å². The van der Waals surface area contributed by atoms with Crippen molar-refractivity contribution < 1.29 is 26.4 Å². The minimum Gasteiger partial charge on any atom is -0.338 e. The lowest BCUT2D eigenvalue weighted by molar-refractivity contribution is -0.137. The van der Waals surface area contributed by atoms with Crippen LogP contribution >= 0.6 is 0 Å². The van der Waals surface area contributed by atoms with Crippen LogP contribution in [0.1, 0.15) is 33.2 Å². The van der Waals surface area contributed by atoms with E-state index in [4.69, 9.17) is 0 Å². The molecule has 1 heterocycles. The van der Waals surface area contributed by atoms with E-state index in [9.17, 15) is 26.4 Å². The Morgan fingerprint density at radius 3 is 2.19 bits per heavy atom. The highest BCUT2D eigenvalue weighted by atomic mass is 32.2. The number of hydrogen-bond acceptors (Lipinski definition) is 3. The monoisotopic (exact) mass is 397 g/mol. The van der Waals surface area contributed by atoms with Gasteiger partial charge in [0.05, 0.1) is 16.6 Å². The van der Waals surface area contributed by atoms with Crippen LogP contribution in [0.15, 0.2) is 54.6 Å². The van der Waals surface area contributed by atoms with Gasteiger partial charge in [0.15, 0.2) is 9.84 Å². The number of alkyl halides is 3. The average molecular weight is 397 g/mol. The van der Waals surface area contributed by atoms with Crippen molar-refractivity contribution in [1.82, 2.24) is 4.90 Å². The number of hydrogen-bond donors (Lipinski definition) is 0. The molecular formula is C19H18F3NO3S. The summed E-state index contributed by atoms with van der Waals surface area (Å²) in [5, 5.41) is -0.691. The molecule has 1 atom stereocenters. The molecule has 0 N–H and O–H groups in total. The van der Waals surface area contributed by atoms with Gasteiger partial charge in [0.1, 0.15) is 0 Å². The maximum Gasteiger partial charge on any atom is 0.416 e. The Bertz CT molecular complexity index is 909. The molecule has 1 fully saturated rings. The second kappa shape index (κ2) is 7.34. The standard InChI is InChI=1S/C19H18F3NO3S/c20-19(21,22)16-8-6-15(7-9-16)18(24)23-11-10-17(27(25,26)13-12-23)14-4-2-1-3-5-14/h1-9,17H,10-13H2. The van der Waals surface area contributed by atoms with Crippen LogP contribution in [-0.4, -0.2) is 38.1 Å². The van der Waals surface area contributed by atoms with Crippen molar-refractivity contribution in [1.29, 1.82) is 0 Å². The van der Waals surface area contributed by atoms with E-state index < -0.39 is 32.7 Å². The summed E-state index contributed by atoms with van der Waals surface area (Å²) < 4.78 is 63.2. The zero-order chi connectivity index (χ0) is 19.7. The van der Waals surface area contributed by atoms with Gasteiger partial charge in [0.2, 0.25) is 0 Å². The van der Waals surface area contributed by atoms with Crippen LogP contribution < -0.4 is 0 Å². The maximum atomic E-state index is 12.7. The lowest BCUT2D eigenvalue weighted by Crippen LogP contribution is -2.33. The summed E-state index contributed by atoms with van der Waals surface area (Å²) in [6.07, 6.45) is -4.22. The number of rotatable bonds is 2. The maximum absolute atomic E-state index is 12.7. The summed E-state index contributed by atoms with van der Waals surface area (Å²) in [6.45, 7) is 0.240. The fourth-order valence-electron chi connectivity index (χ4n) is 3.17. The highest BCUT2D eigenvalue weighted by Gasteiger charge is 2.33. The molecule has 1 saturated heterocycles. The molecule has 3 rings (SSSR count). The first kappa shape index (κ1) is 19.4. The quantitative estimate of drug-likeness (QED) is 0.776. The van der Waals surface area contributed by atoms with Crippen LogP contribution in [0.4, 0.5) is 13.2 Å². The molecule has 27 heavy (non-hydrogen) atoms. The number of carbonyl (C=O) groups excluding carboxylic acids is 1. The molecular weight excluding hydrogens is 379 g/mol. The van der Waals surface area contributed by atoms with Gasteiger partial charge >= 0.3 is 6.18 Å². The molecule has 0 saturated carbocycles. The van der Waals surface area contributed by atoms with Crippen LogP contribution in [0, 0.1) is 0 Å². The number of halogens is 3. The molecule has 0 bridgehead atoms. The zero-order valence-corrected chi connectivity index (χ0v) is 15.1. The van der Waals surface area contributed by atoms with Crippen LogP contribution in [0.25, 0.3) is 0 Å². The van der Waals surface area contributed by atoms with Gasteiger partial charge in [-0.15, -0.1) is 0 Å². The van der Waals surface area contributed by atoms with E-state index in [1.807, 2.05) is 0 Å². The van der Waals surface area contributed by atoms with Crippen molar-refractivity contribution in [3.05, 3.63) is 71.3 Å². The first-order valence-electron chi connectivity index (χ1n) is 8.41. The van der Waals surface area contributed by atoms with Crippen molar-refractivity contribution in [3.63, 3.8) is 0 Å². The van der Waals surface area contributed by atoms with E-state index in [1.165, 1.54) is 4.90 Å². The number of carbonyl (C=O) groups is 1. The van der Waals surface area contributed by atoms with E-state index in [0.717, 1.165) is 24.3 Å². The predicted molar refractivity (Wildman–Crippen MR) is 94.9 cm³/mol. The molecule has 4 nitrogen and oxygen atoms in total. The Morgan fingerprint density at radius 2 is 1.59 bits per heavy atom. The van der Waals surface area contributed by atoms with Crippen molar-refractivity contribution in [3.8, 4) is 0 Å². The Labute approximate surface area is 155 Å². The average Bonchev–Trinajstić information content (AvgIpc) is 2.79. The van der Waals surface area contributed by atoms with Gasteiger partial charge in [-0.1, -0.05) is 30.3 Å². The molecule has 0 radical (unpaired) electrons. The summed E-state index contributed by atoms with van der Waals surface area (Å²) in [7, 11) is -3.43. The van der Waals surface area contributed by atoms with Gasteiger partial charge in [-0.2, -0.15) is 13.2 Å². The molecule has 8 heteroatoms. The van der Waals surface area contributed by atoms with Crippen molar-refractivity contribution in [2.45, 2.75) is 17.8 Å². The number of nitrogens with zero attached hydrogens (tertiary/aromatic N) is 1. The van der Waals surface area contributed by atoms with Gasteiger partial charge in [-0.25, -0.2) is 8.42 Å². The van der Waals surface area contributed by atoms with Crippen LogP contribution in [0.2, 0.25) is 0 Å². The van der Waals surface area contributed by atoms with Crippen molar-refractivity contribution in [2.24, 2.45) is 0 Å². The van der Waals surface area contributed by atoms with Crippen LogP contribution in [-0.2, 0) is 16.0 Å². The van der Waals surface area contributed by atoms with Gasteiger partial charge in [-0.3, -0.25) is 4.79 Å². The summed E-state index contributed by atoms with van der Waals surface area (Å²) in [5.41, 5.74) is -0.0403. The van der Waals surface area contributed by atoms with Crippen LogP contribution in [0.3, 0.4) is 0 Å². The zero-order valence-electron chi connectivity index (χ0n) is 14.3. The normalized spacial score (nSPS) is 20.1. The molecule has 1 aliphatic rings. The SMILES string of the molecule is O=C(c1ccc(C(F)(F)F)cc1)N1CCC(c2ccccc2)S(=O)(=O)CC1. The second-order valence-corrected chi connectivity index (χ2v) is 8.73. The van der Waals surface area contributed by atoms with Gasteiger partial charge < -0.3 is 4.90 Å². The van der Waals surface area contributed by atoms with E-state index >= 15 is 0 Å². The Balaban J connectivity index is 1.78. The molecule has 2 aromatic carbocycles. The predicted octanol–water partition coefficient (Wildman–Crippen LogP) is 3.71. The number of amides is 1. The van der Waals surface area contributed by atoms with E-state index in [0.29, 0.717) is 5.56 Å². The van der Waals surface area contributed by atoms with Crippen molar-refractivity contribution >= 4 is 15.7 Å². The fraction of sp³-hybridized carbons (Fsp3) is 0.316. The third-order valence-corrected chi connectivity index (χ3v) is 6.78. The third-order valence-electron chi connectivity index (χ3n) is 4.66. The number of benzene rings is 2.